The van der Waals surface area contributed by atoms with E-state index in [0.29, 0.717) is 17.0 Å². The van der Waals surface area contributed by atoms with Crippen molar-refractivity contribution in [1.82, 2.24) is 34.9 Å². The maximum Gasteiger partial charge on any atom is 0.415 e. The zero-order chi connectivity index (χ0) is 27.8. The van der Waals surface area contributed by atoms with Gasteiger partial charge in [-0.1, -0.05) is 16.8 Å². The molecule has 0 radical (unpaired) electrons. The van der Waals surface area contributed by atoms with E-state index in [2.05, 4.69) is 25.7 Å². The Morgan fingerprint density at radius 1 is 1.26 bits per heavy atom. The summed E-state index contributed by atoms with van der Waals surface area (Å²) in [6.07, 6.45) is 0.765. The van der Waals surface area contributed by atoms with Gasteiger partial charge in [-0.25, -0.2) is 14.5 Å². The number of nitrogens with one attached hydrogen (secondary N) is 1. The minimum Gasteiger partial charge on any atom is -0.443 e. The summed E-state index contributed by atoms with van der Waals surface area (Å²) in [5.41, 5.74) is 8.67. The topological polar surface area (TPSA) is 155 Å². The smallest absolute Gasteiger partial charge is 0.415 e. The number of hydrogen-bond donors (Lipinski definition) is 2. The number of ether oxygens (including phenoxy) is 2. The molecule has 0 unspecified atom stereocenters. The van der Waals surface area contributed by atoms with Gasteiger partial charge in [0.2, 0.25) is 0 Å². The van der Waals surface area contributed by atoms with E-state index in [1.54, 1.807) is 32.5 Å². The van der Waals surface area contributed by atoms with Crippen LogP contribution in [-0.2, 0) is 23.1 Å². The van der Waals surface area contributed by atoms with Crippen LogP contribution >= 0.6 is 11.6 Å². The molecule has 13 nitrogen and oxygen atoms in total. The van der Waals surface area contributed by atoms with E-state index in [4.69, 9.17) is 26.8 Å². The summed E-state index contributed by atoms with van der Waals surface area (Å²) in [7, 11) is 3.30. The maximum absolute atomic E-state index is 13.0. The Kier molecular flexibility index (Phi) is 7.42. The number of carbonyl (C=O) groups is 2. The monoisotopic (exact) mass is 543 g/mol. The first-order valence-corrected chi connectivity index (χ1v) is 12.2. The second-order valence-corrected chi connectivity index (χ2v) is 10.3. The average molecular weight is 544 g/mol. The number of hydrogen-bond acceptors (Lipinski definition) is 9. The summed E-state index contributed by atoms with van der Waals surface area (Å²) in [5.74, 6) is -0.119. The highest BCUT2D eigenvalue weighted by atomic mass is 35.5. The molecule has 3 aromatic heterocycles. The molecule has 0 aliphatic carbocycles. The highest BCUT2D eigenvalue weighted by Crippen LogP contribution is 2.24. The lowest BCUT2D eigenvalue weighted by atomic mass is 10.2. The molecule has 202 valence electrons. The Hall–Kier alpha value is -3.97. The van der Waals surface area contributed by atoms with Crippen LogP contribution in [0.5, 0.6) is 0 Å². The van der Waals surface area contributed by atoms with Crippen molar-refractivity contribution in [3.05, 3.63) is 40.7 Å². The number of halogens is 1. The summed E-state index contributed by atoms with van der Waals surface area (Å²) >= 11 is 6.22. The van der Waals surface area contributed by atoms with Crippen molar-refractivity contribution in [3.63, 3.8) is 0 Å². The summed E-state index contributed by atoms with van der Waals surface area (Å²) in [4.78, 5) is 31.1. The molecule has 0 fully saturated rings. The van der Waals surface area contributed by atoms with E-state index in [9.17, 15) is 9.59 Å². The molecule has 0 spiro atoms. The lowest BCUT2D eigenvalue weighted by Gasteiger charge is -2.24. The van der Waals surface area contributed by atoms with Crippen molar-refractivity contribution in [2.24, 2.45) is 7.05 Å². The minimum atomic E-state index is -0.691. The molecule has 1 atom stereocenters. The zero-order valence-corrected chi connectivity index (χ0v) is 22.8. The van der Waals surface area contributed by atoms with Crippen LogP contribution in [0, 0.1) is 0 Å². The van der Waals surface area contributed by atoms with Gasteiger partial charge in [0.25, 0.3) is 5.91 Å². The number of benzene rings is 1. The first-order valence-electron chi connectivity index (χ1n) is 11.8. The quantitative estimate of drug-likeness (QED) is 0.264. The second-order valence-electron chi connectivity index (χ2n) is 9.93. The number of rotatable bonds is 7. The fourth-order valence-electron chi connectivity index (χ4n) is 3.81. The largest absolute Gasteiger partial charge is 0.443 e. The highest BCUT2D eigenvalue weighted by molar-refractivity contribution is 6.30. The highest BCUT2D eigenvalue weighted by Gasteiger charge is 2.25. The molecule has 0 saturated heterocycles. The lowest BCUT2D eigenvalue weighted by molar-refractivity contribution is 0.0587. The van der Waals surface area contributed by atoms with E-state index >= 15 is 0 Å². The van der Waals surface area contributed by atoms with Crippen molar-refractivity contribution < 1.29 is 19.1 Å². The number of nitrogen functional groups attached to an aromatic ring is 1. The minimum absolute atomic E-state index is 0.0909. The predicted molar refractivity (Wildman–Crippen MR) is 142 cm³/mol. The Balaban J connectivity index is 1.42. The summed E-state index contributed by atoms with van der Waals surface area (Å²) in [6, 6.07) is 4.81. The number of aryl methyl sites for hydroxylation is 1. The third-order valence-corrected chi connectivity index (χ3v) is 5.67. The van der Waals surface area contributed by atoms with Gasteiger partial charge in [0.15, 0.2) is 5.65 Å². The normalized spacial score (nSPS) is 12.6. The summed E-state index contributed by atoms with van der Waals surface area (Å²) in [6.45, 7) is 7.63. The van der Waals surface area contributed by atoms with Crippen molar-refractivity contribution in [1.29, 1.82) is 0 Å². The van der Waals surface area contributed by atoms with Gasteiger partial charge in [-0.15, -0.1) is 5.10 Å². The molecule has 0 aliphatic rings. The van der Waals surface area contributed by atoms with Crippen LogP contribution < -0.4 is 16.0 Å². The predicted octanol–water partition coefficient (Wildman–Crippen LogP) is 2.95. The molecule has 0 bridgehead atoms. The second kappa shape index (κ2) is 10.4. The van der Waals surface area contributed by atoms with E-state index in [0.717, 1.165) is 11.1 Å². The summed E-state index contributed by atoms with van der Waals surface area (Å²) < 4.78 is 14.2. The maximum atomic E-state index is 13.0. The van der Waals surface area contributed by atoms with Crippen molar-refractivity contribution in [2.75, 3.05) is 24.3 Å². The van der Waals surface area contributed by atoms with Gasteiger partial charge >= 0.3 is 6.09 Å². The third-order valence-electron chi connectivity index (χ3n) is 5.48. The van der Waals surface area contributed by atoms with Gasteiger partial charge in [0, 0.05) is 26.2 Å². The SMILES string of the molecule is C[C@H](COCc1cc(N)c2c(c1)nnn2C)NC(=O)c1cnn2c(N(C)C(=O)OC(C)(C)C)cc(Cl)nc12. The number of carbonyl (C=O) groups excluding carboxylic acids is 2. The van der Waals surface area contributed by atoms with E-state index in [1.165, 1.54) is 28.7 Å². The molecule has 1 aromatic carbocycles. The molecular weight excluding hydrogens is 514 g/mol. The van der Waals surface area contributed by atoms with Crippen molar-refractivity contribution >= 4 is 51.8 Å². The van der Waals surface area contributed by atoms with E-state index in [-0.39, 0.29) is 35.6 Å². The van der Waals surface area contributed by atoms with Gasteiger partial charge in [-0.2, -0.15) is 9.61 Å². The van der Waals surface area contributed by atoms with Gasteiger partial charge in [-0.05, 0) is 45.4 Å². The molecule has 2 amide bonds. The fourth-order valence-corrected chi connectivity index (χ4v) is 3.99. The molecule has 3 N–H and O–H groups in total. The first-order chi connectivity index (χ1) is 17.8. The molecule has 14 heteroatoms. The van der Waals surface area contributed by atoms with Crippen LogP contribution in [0.15, 0.2) is 24.4 Å². The average Bonchev–Trinajstić information content (AvgIpc) is 3.40. The standard InChI is InChI=1S/C24H30ClN9O4/c1-13(11-37-12-14-7-16(26)20-17(8-14)30-31-33(20)6)28-22(35)15-10-27-34-19(9-18(25)29-21(15)34)32(5)23(36)38-24(2,3)4/h7-10,13H,11-12,26H2,1-6H3,(H,28,35)/t13-/m1/s1. The van der Waals surface area contributed by atoms with E-state index in [1.807, 2.05) is 19.1 Å². The van der Waals surface area contributed by atoms with Crippen LogP contribution in [-0.4, -0.2) is 66.9 Å². The Morgan fingerprint density at radius 3 is 2.71 bits per heavy atom. The first kappa shape index (κ1) is 27.1. The Bertz CT molecular complexity index is 1510. The zero-order valence-electron chi connectivity index (χ0n) is 22.0. The molecule has 4 aromatic rings. The van der Waals surface area contributed by atoms with Gasteiger partial charge < -0.3 is 20.5 Å². The number of amides is 2. The van der Waals surface area contributed by atoms with Crippen LogP contribution in [0.25, 0.3) is 16.7 Å². The van der Waals surface area contributed by atoms with Gasteiger partial charge in [-0.3, -0.25) is 9.69 Å². The number of fused-ring (bicyclic) bond motifs is 2. The van der Waals surface area contributed by atoms with Crippen LogP contribution in [0.4, 0.5) is 16.3 Å². The molecule has 3 heterocycles. The molecule has 38 heavy (non-hydrogen) atoms. The number of aromatic nitrogens is 6. The number of anilines is 2. The molecule has 0 aliphatic heterocycles. The van der Waals surface area contributed by atoms with E-state index < -0.39 is 17.6 Å². The molecular formula is C24H30ClN9O4. The van der Waals surface area contributed by atoms with Crippen LogP contribution in [0.3, 0.4) is 0 Å². The molecule has 4 rings (SSSR count). The fraction of sp³-hybridized carbons (Fsp3) is 0.417. The van der Waals surface area contributed by atoms with Gasteiger partial charge in [0.1, 0.15) is 33.2 Å². The Morgan fingerprint density at radius 2 is 2.00 bits per heavy atom. The van der Waals surface area contributed by atoms with Crippen molar-refractivity contribution in [3.8, 4) is 0 Å². The third kappa shape index (κ3) is 5.78. The lowest BCUT2D eigenvalue weighted by Crippen LogP contribution is -2.36. The Labute approximate surface area is 223 Å². The molecule has 0 saturated carbocycles. The number of nitrogens with zero attached hydrogens (tertiary/aromatic N) is 7. The van der Waals surface area contributed by atoms with Crippen LogP contribution in [0.1, 0.15) is 43.6 Å². The van der Waals surface area contributed by atoms with Crippen molar-refractivity contribution in [2.45, 2.75) is 45.9 Å². The number of nitrogens with two attached hydrogens (primary N) is 1. The summed E-state index contributed by atoms with van der Waals surface area (Å²) in [5, 5.41) is 15.3. The van der Waals surface area contributed by atoms with Gasteiger partial charge in [0.05, 0.1) is 25.1 Å². The van der Waals surface area contributed by atoms with Crippen LogP contribution in [0.2, 0.25) is 5.15 Å².